The number of anilines is 1. The van der Waals surface area contributed by atoms with Crippen LogP contribution in [0.25, 0.3) is 21.9 Å². The van der Waals surface area contributed by atoms with Crippen LogP contribution in [0.1, 0.15) is 65.0 Å². The van der Waals surface area contributed by atoms with Crippen molar-refractivity contribution in [1.29, 1.82) is 0 Å². The lowest BCUT2D eigenvalue weighted by atomic mass is 9.52. The molecule has 0 amide bonds. The molecule has 3 aliphatic rings. The fourth-order valence-electron chi connectivity index (χ4n) is 8.34. The van der Waals surface area contributed by atoms with E-state index in [0.29, 0.717) is 5.75 Å². The Morgan fingerprint density at radius 3 is 2.26 bits per heavy atom. The summed E-state index contributed by atoms with van der Waals surface area (Å²) in [5.74, 6) is 1.49. The smallest absolute Gasteiger partial charge is 0.123 e. The first-order chi connectivity index (χ1) is 18.1. The van der Waals surface area contributed by atoms with Crippen LogP contribution >= 0.6 is 23.5 Å². The minimum atomic E-state index is -0.0940. The summed E-state index contributed by atoms with van der Waals surface area (Å²) in [6, 6.07) is 13.9. The van der Waals surface area contributed by atoms with Gasteiger partial charge in [0, 0.05) is 33.7 Å². The zero-order chi connectivity index (χ0) is 26.9. The second-order valence-corrected chi connectivity index (χ2v) is 15.3. The van der Waals surface area contributed by atoms with Crippen molar-refractivity contribution < 1.29 is 9.84 Å². The van der Waals surface area contributed by atoms with Crippen LogP contribution in [-0.4, -0.2) is 43.4 Å². The molecule has 3 aromatic carbocycles. The lowest BCUT2D eigenvalue weighted by molar-refractivity contribution is 0.0644. The van der Waals surface area contributed by atoms with E-state index >= 15 is 0 Å². The van der Waals surface area contributed by atoms with Gasteiger partial charge in [0.2, 0.25) is 0 Å². The lowest BCUT2D eigenvalue weighted by Crippen LogP contribution is -2.43. The third-order valence-electron chi connectivity index (χ3n) is 8.89. The first-order valence-corrected chi connectivity index (χ1v) is 16.3. The van der Waals surface area contributed by atoms with Crippen LogP contribution in [0.3, 0.4) is 0 Å². The summed E-state index contributed by atoms with van der Waals surface area (Å²) in [6.07, 6.45) is 5.56. The van der Waals surface area contributed by atoms with Crippen LogP contribution in [-0.2, 0) is 10.2 Å². The molecule has 0 aromatic heterocycles. The Morgan fingerprint density at radius 2 is 1.61 bits per heavy atom. The number of aromatic hydroxyl groups is 1. The summed E-state index contributed by atoms with van der Waals surface area (Å²) in [6.45, 7) is 15.3. The zero-order valence-electron chi connectivity index (χ0n) is 23.7. The molecule has 202 valence electrons. The number of benzene rings is 3. The van der Waals surface area contributed by atoms with Gasteiger partial charge in [-0.2, -0.15) is 0 Å². The van der Waals surface area contributed by atoms with E-state index in [2.05, 4.69) is 82.2 Å². The molecule has 1 heterocycles. The van der Waals surface area contributed by atoms with Crippen LogP contribution in [0, 0.1) is 10.8 Å². The van der Waals surface area contributed by atoms with Gasteiger partial charge in [0.05, 0.1) is 18.9 Å². The molecule has 6 rings (SSSR count). The summed E-state index contributed by atoms with van der Waals surface area (Å²) in [4.78, 5) is 5.04. The summed E-state index contributed by atoms with van der Waals surface area (Å²) in [5.41, 5.74) is 7.11. The Labute approximate surface area is 236 Å². The Morgan fingerprint density at radius 1 is 0.895 bits per heavy atom. The Bertz CT molecular complexity index is 1390. The Kier molecular flexibility index (Phi) is 6.52. The third kappa shape index (κ3) is 4.24. The van der Waals surface area contributed by atoms with E-state index in [4.69, 9.17) is 4.74 Å². The first-order valence-electron chi connectivity index (χ1n) is 14.1. The van der Waals surface area contributed by atoms with Gasteiger partial charge in [-0.3, -0.25) is 0 Å². The largest absolute Gasteiger partial charge is 0.507 e. The monoisotopic (exact) mass is 547 g/mol. The molecular formula is C33H41NO2S2. The van der Waals surface area contributed by atoms with Gasteiger partial charge in [-0.15, -0.1) is 23.5 Å². The highest BCUT2D eigenvalue weighted by Gasteiger charge is 2.53. The Balaban J connectivity index is 1.67. The molecule has 3 aromatic rings. The van der Waals surface area contributed by atoms with Gasteiger partial charge in [0.25, 0.3) is 0 Å². The number of phenolic OH excluding ortho intramolecular Hbond substituents is 1. The number of nitrogens with zero attached hydrogens (tertiary/aromatic N) is 1. The summed E-state index contributed by atoms with van der Waals surface area (Å²) >= 11 is 3.69. The summed E-state index contributed by atoms with van der Waals surface area (Å²) in [5, 5.41) is 13.8. The number of hydrogen-bond acceptors (Lipinski definition) is 5. The maximum Gasteiger partial charge on any atom is 0.123 e. The molecule has 1 N–H and O–H groups in total. The van der Waals surface area contributed by atoms with Crippen molar-refractivity contribution in [1.82, 2.24) is 0 Å². The number of thioether (sulfide) groups is 2. The molecule has 2 aliphatic carbocycles. The van der Waals surface area contributed by atoms with Crippen molar-refractivity contribution in [2.45, 2.75) is 69.1 Å². The lowest BCUT2D eigenvalue weighted by Gasteiger charge is -2.51. The normalized spacial score (nSPS) is 21.1. The highest BCUT2D eigenvalue weighted by atomic mass is 32.2. The standard InChI is InChI=1S/C33H41NO2S2/c1-7-38-21-8-9-22-25(14-21)33(19-31(2,3)18-32(4,5)20-33)26-17-28(35)23-16-29(37-6)27(15-24(23)30(22)26)34-10-12-36-13-11-34/h8-9,14-17,35H,7,10-13,18-20H2,1-6H3. The predicted octanol–water partition coefficient (Wildman–Crippen LogP) is 8.72. The number of ether oxygens (including phenoxy) is 1. The van der Waals surface area contributed by atoms with Crippen LogP contribution in [0.4, 0.5) is 5.69 Å². The van der Waals surface area contributed by atoms with Gasteiger partial charge in [0.15, 0.2) is 0 Å². The van der Waals surface area contributed by atoms with Crippen LogP contribution in [0.2, 0.25) is 0 Å². The number of fused-ring (bicyclic) bond motifs is 7. The maximum absolute atomic E-state index is 11.6. The van der Waals surface area contributed by atoms with Crippen molar-refractivity contribution >= 4 is 40.0 Å². The topological polar surface area (TPSA) is 32.7 Å². The molecule has 5 heteroatoms. The van der Waals surface area contributed by atoms with E-state index in [0.717, 1.165) is 50.3 Å². The average molecular weight is 548 g/mol. The number of phenols is 1. The van der Waals surface area contributed by atoms with E-state index in [-0.39, 0.29) is 16.2 Å². The number of rotatable bonds is 4. The molecule has 3 nitrogen and oxygen atoms in total. The second-order valence-electron chi connectivity index (χ2n) is 13.1. The Hall–Kier alpha value is -1.82. The van der Waals surface area contributed by atoms with Gasteiger partial charge in [0.1, 0.15) is 5.75 Å². The molecular weight excluding hydrogens is 507 g/mol. The van der Waals surface area contributed by atoms with E-state index in [1.165, 1.54) is 49.5 Å². The maximum atomic E-state index is 11.6. The molecule has 0 bridgehead atoms. The molecule has 1 saturated carbocycles. The molecule has 0 unspecified atom stereocenters. The fraction of sp³-hybridized carbons (Fsp3) is 0.515. The average Bonchev–Trinajstić information content (AvgIpc) is 3.10. The van der Waals surface area contributed by atoms with E-state index in [1.807, 2.05) is 11.8 Å². The van der Waals surface area contributed by atoms with Gasteiger partial charge in [-0.25, -0.2) is 0 Å². The summed E-state index contributed by atoms with van der Waals surface area (Å²) < 4.78 is 5.68. The predicted molar refractivity (Wildman–Crippen MR) is 164 cm³/mol. The molecule has 38 heavy (non-hydrogen) atoms. The highest BCUT2D eigenvalue weighted by Crippen LogP contribution is 2.65. The fourth-order valence-corrected chi connectivity index (χ4v) is 9.67. The number of morpholine rings is 1. The molecule has 0 radical (unpaired) electrons. The second kappa shape index (κ2) is 9.38. The zero-order valence-corrected chi connectivity index (χ0v) is 25.4. The minimum absolute atomic E-state index is 0.0940. The molecule has 1 aliphatic heterocycles. The van der Waals surface area contributed by atoms with Gasteiger partial charge < -0.3 is 14.7 Å². The number of hydrogen-bond donors (Lipinski definition) is 1. The highest BCUT2D eigenvalue weighted by molar-refractivity contribution is 7.99. The van der Waals surface area contributed by atoms with E-state index in [1.54, 1.807) is 11.8 Å². The van der Waals surface area contributed by atoms with Crippen molar-refractivity contribution in [3.8, 4) is 16.9 Å². The van der Waals surface area contributed by atoms with Crippen LogP contribution in [0.15, 0.2) is 46.2 Å². The molecule has 0 atom stereocenters. The van der Waals surface area contributed by atoms with Crippen molar-refractivity contribution in [3.63, 3.8) is 0 Å². The first kappa shape index (κ1) is 26.4. The van der Waals surface area contributed by atoms with Crippen LogP contribution in [0.5, 0.6) is 5.75 Å². The van der Waals surface area contributed by atoms with E-state index in [9.17, 15) is 5.11 Å². The van der Waals surface area contributed by atoms with Crippen LogP contribution < -0.4 is 4.90 Å². The molecule has 1 spiro atoms. The molecule has 2 fully saturated rings. The van der Waals surface area contributed by atoms with Crippen molar-refractivity contribution in [2.24, 2.45) is 10.8 Å². The van der Waals surface area contributed by atoms with E-state index < -0.39 is 0 Å². The van der Waals surface area contributed by atoms with Gasteiger partial charge in [-0.05, 0) is 100 Å². The SMILES string of the molecule is CCSc1ccc2c(c1)C1(CC(C)(C)CC(C)(C)C1)c1cc(O)c3cc(SC)c(N4CCOCC4)cc3c1-2. The van der Waals surface area contributed by atoms with Gasteiger partial charge >= 0.3 is 0 Å². The van der Waals surface area contributed by atoms with Crippen molar-refractivity contribution in [2.75, 3.05) is 43.2 Å². The third-order valence-corrected chi connectivity index (χ3v) is 10.5. The van der Waals surface area contributed by atoms with Gasteiger partial charge in [-0.1, -0.05) is 40.7 Å². The quantitative estimate of drug-likeness (QED) is 0.330. The summed E-state index contributed by atoms with van der Waals surface area (Å²) in [7, 11) is 0. The minimum Gasteiger partial charge on any atom is -0.507 e. The molecule has 1 saturated heterocycles. The van der Waals surface area contributed by atoms with Crippen molar-refractivity contribution in [3.05, 3.63) is 47.5 Å².